The third-order valence-corrected chi connectivity index (χ3v) is 5.05. The fourth-order valence-corrected chi connectivity index (χ4v) is 3.58. The van der Waals surface area contributed by atoms with Crippen LogP contribution in [0.2, 0.25) is 0 Å². The average molecular weight is 409 g/mol. The number of anilines is 1. The summed E-state index contributed by atoms with van der Waals surface area (Å²) in [6.45, 7) is 0.571. The molecule has 0 saturated carbocycles. The van der Waals surface area contributed by atoms with Gasteiger partial charge >= 0.3 is 11.9 Å². The number of H-pyrrole nitrogens is 1. The Hall–Kier alpha value is -3.65. The van der Waals surface area contributed by atoms with Crippen molar-refractivity contribution in [1.82, 2.24) is 4.98 Å². The Morgan fingerprint density at radius 2 is 1.83 bits per heavy atom. The Morgan fingerprint density at radius 1 is 1.13 bits per heavy atom. The van der Waals surface area contributed by atoms with E-state index in [0.717, 1.165) is 42.4 Å². The van der Waals surface area contributed by atoms with Crippen molar-refractivity contribution in [2.24, 2.45) is 5.73 Å². The number of nitrogens with one attached hydrogen (secondary N) is 1. The minimum atomic E-state index is -1.82. The first kappa shape index (κ1) is 21.1. The number of carboxylic acid groups (broad SMARTS) is 2. The number of fused-ring (bicyclic) bond motifs is 3. The number of nitrogens with two attached hydrogens (primary N) is 1. The van der Waals surface area contributed by atoms with Crippen LogP contribution in [-0.2, 0) is 33.8 Å². The number of amides is 1. The summed E-state index contributed by atoms with van der Waals surface area (Å²) in [5, 5.41) is 16.0. The maximum absolute atomic E-state index is 11.6. The van der Waals surface area contributed by atoms with Crippen molar-refractivity contribution in [3.8, 4) is 0 Å². The second-order valence-corrected chi connectivity index (χ2v) is 7.14. The van der Waals surface area contributed by atoms with Gasteiger partial charge in [-0.05, 0) is 48.6 Å². The van der Waals surface area contributed by atoms with Gasteiger partial charge < -0.3 is 25.8 Å². The first-order valence-electron chi connectivity index (χ1n) is 9.50. The summed E-state index contributed by atoms with van der Waals surface area (Å²) >= 11 is 0. The monoisotopic (exact) mass is 409 g/mol. The van der Waals surface area contributed by atoms with E-state index in [0.29, 0.717) is 6.54 Å². The Balaban J connectivity index is 0.000000377. The van der Waals surface area contributed by atoms with Crippen LogP contribution in [0.5, 0.6) is 0 Å². The molecule has 1 unspecified atom stereocenters. The molecule has 1 amide bonds. The van der Waals surface area contributed by atoms with Crippen LogP contribution in [0.15, 0.2) is 48.5 Å². The molecule has 156 valence electrons. The predicted molar refractivity (Wildman–Crippen MR) is 112 cm³/mol. The van der Waals surface area contributed by atoms with E-state index in [-0.39, 0.29) is 6.04 Å². The minimum Gasteiger partial charge on any atom is -0.473 e. The van der Waals surface area contributed by atoms with Crippen molar-refractivity contribution in [2.75, 3.05) is 4.90 Å². The van der Waals surface area contributed by atoms with Crippen LogP contribution in [0.4, 0.5) is 5.69 Å². The molecule has 0 aliphatic heterocycles. The summed E-state index contributed by atoms with van der Waals surface area (Å²) < 4.78 is 0. The molecule has 1 aliphatic carbocycles. The van der Waals surface area contributed by atoms with Gasteiger partial charge in [-0.15, -0.1) is 0 Å². The lowest BCUT2D eigenvalue weighted by atomic mass is 9.92. The highest BCUT2D eigenvalue weighted by Crippen LogP contribution is 2.31. The Morgan fingerprint density at radius 3 is 2.47 bits per heavy atom. The number of carbonyl (C=O) groups excluding carboxylic acids is 1. The lowest BCUT2D eigenvalue weighted by molar-refractivity contribution is -0.159. The topological polar surface area (TPSA) is 137 Å². The number of carboxylic acids is 2. The highest BCUT2D eigenvalue weighted by Gasteiger charge is 2.20. The molecule has 1 atom stereocenters. The van der Waals surface area contributed by atoms with Crippen molar-refractivity contribution >= 4 is 34.9 Å². The van der Waals surface area contributed by atoms with Crippen LogP contribution in [0.25, 0.3) is 10.9 Å². The SMILES string of the molecule is NC1CCc2[nH]c3ccc(N(C=O)Cc4ccccc4)cc3c2C1.O=C(O)C(=O)O. The smallest absolute Gasteiger partial charge is 0.414 e. The number of carbonyl (C=O) groups is 3. The molecule has 4 rings (SSSR count). The second-order valence-electron chi connectivity index (χ2n) is 7.14. The van der Waals surface area contributed by atoms with E-state index in [1.807, 2.05) is 36.4 Å². The van der Waals surface area contributed by atoms with Crippen LogP contribution in [0, 0.1) is 0 Å². The van der Waals surface area contributed by atoms with E-state index >= 15 is 0 Å². The number of rotatable bonds is 4. The highest BCUT2D eigenvalue weighted by atomic mass is 16.4. The number of aromatic amines is 1. The summed E-state index contributed by atoms with van der Waals surface area (Å²) in [6, 6.07) is 16.4. The number of nitrogens with zero attached hydrogens (tertiary/aromatic N) is 1. The molecule has 30 heavy (non-hydrogen) atoms. The number of aromatic nitrogens is 1. The minimum absolute atomic E-state index is 0.228. The summed E-state index contributed by atoms with van der Waals surface area (Å²) in [4.78, 5) is 35.1. The van der Waals surface area contributed by atoms with Crippen molar-refractivity contribution in [3.63, 3.8) is 0 Å². The molecule has 0 fully saturated rings. The van der Waals surface area contributed by atoms with Crippen molar-refractivity contribution in [2.45, 2.75) is 31.8 Å². The molecule has 8 heteroatoms. The maximum atomic E-state index is 11.6. The van der Waals surface area contributed by atoms with Gasteiger partial charge in [-0.25, -0.2) is 9.59 Å². The van der Waals surface area contributed by atoms with E-state index in [9.17, 15) is 4.79 Å². The van der Waals surface area contributed by atoms with Gasteiger partial charge in [-0.2, -0.15) is 0 Å². The third-order valence-electron chi connectivity index (χ3n) is 5.05. The van der Waals surface area contributed by atoms with Gasteiger partial charge in [0.25, 0.3) is 0 Å². The van der Waals surface area contributed by atoms with Crippen LogP contribution in [-0.4, -0.2) is 39.6 Å². The average Bonchev–Trinajstić information content (AvgIpc) is 3.10. The summed E-state index contributed by atoms with van der Waals surface area (Å²) in [5.41, 5.74) is 11.9. The van der Waals surface area contributed by atoms with Gasteiger partial charge in [0.05, 0.1) is 6.54 Å². The van der Waals surface area contributed by atoms with Crippen LogP contribution >= 0.6 is 0 Å². The summed E-state index contributed by atoms with van der Waals surface area (Å²) in [5.74, 6) is -3.65. The first-order chi connectivity index (χ1) is 14.4. The third kappa shape index (κ3) is 4.84. The largest absolute Gasteiger partial charge is 0.473 e. The number of hydrogen-bond donors (Lipinski definition) is 4. The molecule has 1 aromatic heterocycles. The van der Waals surface area contributed by atoms with Crippen LogP contribution < -0.4 is 10.6 Å². The quantitative estimate of drug-likeness (QED) is 0.385. The zero-order valence-electron chi connectivity index (χ0n) is 16.2. The molecule has 1 heterocycles. The first-order valence-corrected chi connectivity index (χ1v) is 9.50. The van der Waals surface area contributed by atoms with E-state index < -0.39 is 11.9 Å². The van der Waals surface area contributed by atoms with E-state index in [1.54, 1.807) is 4.90 Å². The molecular formula is C22H23N3O5. The molecule has 3 aromatic rings. The predicted octanol–water partition coefficient (Wildman–Crippen LogP) is 2.30. The number of benzene rings is 2. The molecule has 1 aliphatic rings. The Labute approximate surface area is 172 Å². The molecule has 8 nitrogen and oxygen atoms in total. The normalized spacial score (nSPS) is 14.9. The van der Waals surface area contributed by atoms with E-state index in [1.165, 1.54) is 16.6 Å². The van der Waals surface area contributed by atoms with Crippen molar-refractivity contribution < 1.29 is 24.6 Å². The van der Waals surface area contributed by atoms with Gasteiger partial charge in [-0.1, -0.05) is 30.3 Å². The molecular weight excluding hydrogens is 386 g/mol. The fraction of sp³-hybridized carbons (Fsp3) is 0.227. The molecule has 0 bridgehead atoms. The molecule has 5 N–H and O–H groups in total. The van der Waals surface area contributed by atoms with E-state index in [2.05, 4.69) is 17.1 Å². The Bertz CT molecular complexity index is 1050. The van der Waals surface area contributed by atoms with Gasteiger partial charge in [-0.3, -0.25) is 4.79 Å². The highest BCUT2D eigenvalue weighted by molar-refractivity contribution is 6.27. The number of aliphatic carboxylic acids is 2. The molecule has 0 saturated heterocycles. The standard InChI is InChI=1S/C20H21N3O.C2H2O4/c21-15-6-8-19-17(10-15)18-11-16(7-9-20(18)22-19)23(13-24)12-14-4-2-1-3-5-14;3-1(4)2(5)6/h1-5,7,9,11,13,15,22H,6,8,10,12,21H2;(H,3,4)(H,5,6). The lowest BCUT2D eigenvalue weighted by Crippen LogP contribution is -2.27. The molecule has 0 radical (unpaired) electrons. The molecule has 2 aromatic carbocycles. The zero-order chi connectivity index (χ0) is 21.7. The van der Waals surface area contributed by atoms with Crippen molar-refractivity contribution in [1.29, 1.82) is 0 Å². The number of hydrogen-bond acceptors (Lipinski definition) is 4. The summed E-state index contributed by atoms with van der Waals surface area (Å²) in [6.07, 6.45) is 3.83. The second kappa shape index (κ2) is 9.23. The van der Waals surface area contributed by atoms with Crippen LogP contribution in [0.1, 0.15) is 23.2 Å². The van der Waals surface area contributed by atoms with Gasteiger partial charge in [0.2, 0.25) is 6.41 Å². The van der Waals surface area contributed by atoms with Gasteiger partial charge in [0.1, 0.15) is 0 Å². The summed E-state index contributed by atoms with van der Waals surface area (Å²) in [7, 11) is 0. The van der Waals surface area contributed by atoms with Crippen molar-refractivity contribution in [3.05, 3.63) is 65.4 Å². The van der Waals surface area contributed by atoms with Crippen LogP contribution in [0.3, 0.4) is 0 Å². The number of aryl methyl sites for hydroxylation is 1. The van der Waals surface area contributed by atoms with E-state index in [4.69, 9.17) is 25.5 Å². The van der Waals surface area contributed by atoms with Gasteiger partial charge in [0, 0.05) is 28.3 Å². The maximum Gasteiger partial charge on any atom is 0.414 e. The fourth-order valence-electron chi connectivity index (χ4n) is 3.58. The van der Waals surface area contributed by atoms with Gasteiger partial charge in [0.15, 0.2) is 0 Å². The lowest BCUT2D eigenvalue weighted by Gasteiger charge is -2.19. The Kier molecular flexibility index (Phi) is 6.48. The zero-order valence-corrected chi connectivity index (χ0v) is 16.2. The molecule has 0 spiro atoms.